The molecule has 0 aromatic rings. The summed E-state index contributed by atoms with van der Waals surface area (Å²) in [4.78, 5) is 0. The Morgan fingerprint density at radius 3 is 2.68 bits per heavy atom. The Hall–Kier alpha value is -0.0800. The van der Waals surface area contributed by atoms with Gasteiger partial charge in [0.25, 0.3) is 0 Å². The number of nitrogens with one attached hydrogen (secondary N) is 2. The zero-order chi connectivity index (χ0) is 14.1. The van der Waals surface area contributed by atoms with Crippen LogP contribution in [-0.2, 0) is 0 Å². The molecule has 114 valence electrons. The van der Waals surface area contributed by atoms with Gasteiger partial charge in [0.15, 0.2) is 0 Å². The Kier molecular flexibility index (Phi) is 8.01. The van der Waals surface area contributed by atoms with E-state index in [0.29, 0.717) is 11.5 Å². The van der Waals surface area contributed by atoms with E-state index in [1.807, 2.05) is 0 Å². The van der Waals surface area contributed by atoms with Crippen LogP contribution in [0.5, 0.6) is 0 Å². The number of unbranched alkanes of at least 4 members (excludes halogenated alkanes) is 2. The molecule has 1 aliphatic heterocycles. The lowest BCUT2D eigenvalue weighted by atomic mass is 9.86. The van der Waals surface area contributed by atoms with Gasteiger partial charge in [0.05, 0.1) is 0 Å². The normalized spacial score (nSPS) is 24.6. The van der Waals surface area contributed by atoms with Gasteiger partial charge in [-0.05, 0) is 37.1 Å². The maximum Gasteiger partial charge on any atom is 0.0195 e. The fourth-order valence-corrected chi connectivity index (χ4v) is 3.15. The van der Waals surface area contributed by atoms with Crippen molar-refractivity contribution in [1.82, 2.24) is 10.6 Å². The Morgan fingerprint density at radius 2 is 2.00 bits per heavy atom. The summed E-state index contributed by atoms with van der Waals surface area (Å²) in [6, 6.07) is 0.699. The van der Waals surface area contributed by atoms with Crippen molar-refractivity contribution in [2.75, 3.05) is 19.6 Å². The van der Waals surface area contributed by atoms with Crippen LogP contribution >= 0.6 is 0 Å². The molecule has 0 bridgehead atoms. The molecule has 1 fully saturated rings. The van der Waals surface area contributed by atoms with Crippen molar-refractivity contribution in [1.29, 1.82) is 0 Å². The predicted molar refractivity (Wildman–Crippen MR) is 85.6 cm³/mol. The summed E-state index contributed by atoms with van der Waals surface area (Å²) in [5.41, 5.74) is 0.452. The fraction of sp³-hybridized carbons (Fsp3) is 1.00. The molecule has 2 heteroatoms. The van der Waals surface area contributed by atoms with Gasteiger partial charge in [-0.1, -0.05) is 53.4 Å². The topological polar surface area (TPSA) is 24.1 Å². The average molecular weight is 268 g/mol. The third-order valence-electron chi connectivity index (χ3n) is 4.63. The van der Waals surface area contributed by atoms with E-state index < -0.39 is 0 Å². The average Bonchev–Trinajstić information content (AvgIpc) is 2.39. The highest BCUT2D eigenvalue weighted by Gasteiger charge is 2.21. The molecule has 2 atom stereocenters. The first-order valence-electron chi connectivity index (χ1n) is 8.51. The summed E-state index contributed by atoms with van der Waals surface area (Å²) in [5.74, 6) is 0.950. The Morgan fingerprint density at radius 1 is 1.21 bits per heavy atom. The van der Waals surface area contributed by atoms with Crippen molar-refractivity contribution in [2.45, 2.75) is 78.7 Å². The predicted octanol–water partition coefficient (Wildman–Crippen LogP) is 3.96. The SMILES string of the molecule is CCCCCC(C)(C)CNCC1CC(CC)CCN1. The zero-order valence-electron chi connectivity index (χ0n) is 13.7. The molecule has 1 heterocycles. The molecule has 1 rings (SSSR count). The highest BCUT2D eigenvalue weighted by Crippen LogP contribution is 2.23. The second-order valence-electron chi connectivity index (χ2n) is 7.20. The molecule has 0 radical (unpaired) electrons. The van der Waals surface area contributed by atoms with E-state index in [4.69, 9.17) is 0 Å². The lowest BCUT2D eigenvalue weighted by Crippen LogP contribution is -2.46. The van der Waals surface area contributed by atoms with Crippen molar-refractivity contribution >= 4 is 0 Å². The van der Waals surface area contributed by atoms with Gasteiger partial charge >= 0.3 is 0 Å². The van der Waals surface area contributed by atoms with E-state index in [1.165, 1.54) is 51.5 Å². The van der Waals surface area contributed by atoms with Crippen molar-refractivity contribution in [2.24, 2.45) is 11.3 Å². The molecule has 1 aliphatic rings. The van der Waals surface area contributed by atoms with Gasteiger partial charge in [-0.25, -0.2) is 0 Å². The first-order valence-corrected chi connectivity index (χ1v) is 8.51. The van der Waals surface area contributed by atoms with Crippen LogP contribution in [0.15, 0.2) is 0 Å². The molecule has 1 saturated heterocycles. The van der Waals surface area contributed by atoms with Crippen LogP contribution in [0.3, 0.4) is 0 Å². The van der Waals surface area contributed by atoms with E-state index in [2.05, 4.69) is 38.3 Å². The quantitative estimate of drug-likeness (QED) is 0.619. The summed E-state index contributed by atoms with van der Waals surface area (Å²) in [5, 5.41) is 7.36. The first-order chi connectivity index (χ1) is 9.07. The molecular weight excluding hydrogens is 232 g/mol. The molecule has 2 unspecified atom stereocenters. The second-order valence-corrected chi connectivity index (χ2v) is 7.20. The lowest BCUT2D eigenvalue weighted by Gasteiger charge is -2.31. The van der Waals surface area contributed by atoms with Gasteiger partial charge in [-0.3, -0.25) is 0 Å². The molecule has 0 aliphatic carbocycles. The largest absolute Gasteiger partial charge is 0.315 e. The molecule has 2 nitrogen and oxygen atoms in total. The van der Waals surface area contributed by atoms with Crippen LogP contribution in [-0.4, -0.2) is 25.7 Å². The third kappa shape index (κ3) is 7.31. The Labute approximate surface area is 121 Å². The van der Waals surface area contributed by atoms with Gasteiger partial charge < -0.3 is 10.6 Å². The summed E-state index contributed by atoms with van der Waals surface area (Å²) in [7, 11) is 0. The van der Waals surface area contributed by atoms with E-state index in [1.54, 1.807) is 0 Å². The van der Waals surface area contributed by atoms with Crippen molar-refractivity contribution in [3.63, 3.8) is 0 Å². The van der Waals surface area contributed by atoms with E-state index >= 15 is 0 Å². The summed E-state index contributed by atoms with van der Waals surface area (Å²) < 4.78 is 0. The standard InChI is InChI=1S/C17H36N2/c1-5-7-8-10-17(3,4)14-18-13-16-12-15(6-2)9-11-19-16/h15-16,18-19H,5-14H2,1-4H3. The van der Waals surface area contributed by atoms with Gasteiger partial charge in [0, 0.05) is 19.1 Å². The zero-order valence-corrected chi connectivity index (χ0v) is 13.7. The lowest BCUT2D eigenvalue weighted by molar-refractivity contribution is 0.262. The number of piperidine rings is 1. The van der Waals surface area contributed by atoms with Crippen LogP contribution < -0.4 is 10.6 Å². The number of hydrogen-bond acceptors (Lipinski definition) is 2. The summed E-state index contributed by atoms with van der Waals surface area (Å²) in [6.07, 6.45) is 9.52. The number of hydrogen-bond donors (Lipinski definition) is 2. The molecule has 0 amide bonds. The summed E-state index contributed by atoms with van der Waals surface area (Å²) >= 11 is 0. The molecule has 19 heavy (non-hydrogen) atoms. The molecule has 0 aromatic heterocycles. The molecule has 2 N–H and O–H groups in total. The highest BCUT2D eigenvalue weighted by molar-refractivity contribution is 4.81. The molecule has 0 saturated carbocycles. The van der Waals surface area contributed by atoms with Crippen LogP contribution in [0.4, 0.5) is 0 Å². The maximum absolute atomic E-state index is 3.70. The minimum absolute atomic E-state index is 0.452. The number of rotatable bonds is 9. The van der Waals surface area contributed by atoms with E-state index in [-0.39, 0.29) is 0 Å². The van der Waals surface area contributed by atoms with Crippen molar-refractivity contribution < 1.29 is 0 Å². The van der Waals surface area contributed by atoms with Crippen LogP contribution in [0.1, 0.15) is 72.6 Å². The highest BCUT2D eigenvalue weighted by atomic mass is 15.0. The van der Waals surface area contributed by atoms with Gasteiger partial charge in [0.2, 0.25) is 0 Å². The van der Waals surface area contributed by atoms with Crippen LogP contribution in [0.2, 0.25) is 0 Å². The second kappa shape index (κ2) is 8.97. The smallest absolute Gasteiger partial charge is 0.0195 e. The fourth-order valence-electron chi connectivity index (χ4n) is 3.15. The molecule has 0 spiro atoms. The van der Waals surface area contributed by atoms with E-state index in [0.717, 1.165) is 19.0 Å². The third-order valence-corrected chi connectivity index (χ3v) is 4.63. The summed E-state index contributed by atoms with van der Waals surface area (Å²) in [6.45, 7) is 12.9. The Bertz CT molecular complexity index is 225. The van der Waals surface area contributed by atoms with Crippen LogP contribution in [0, 0.1) is 11.3 Å². The van der Waals surface area contributed by atoms with Gasteiger partial charge in [0.1, 0.15) is 0 Å². The monoisotopic (exact) mass is 268 g/mol. The Balaban J connectivity index is 2.14. The van der Waals surface area contributed by atoms with E-state index in [9.17, 15) is 0 Å². The van der Waals surface area contributed by atoms with Gasteiger partial charge in [-0.15, -0.1) is 0 Å². The van der Waals surface area contributed by atoms with Crippen molar-refractivity contribution in [3.05, 3.63) is 0 Å². The van der Waals surface area contributed by atoms with Crippen LogP contribution in [0.25, 0.3) is 0 Å². The van der Waals surface area contributed by atoms with Crippen molar-refractivity contribution in [3.8, 4) is 0 Å². The maximum atomic E-state index is 3.70. The minimum Gasteiger partial charge on any atom is -0.315 e. The molecule has 0 aromatic carbocycles. The molecular formula is C17H36N2. The van der Waals surface area contributed by atoms with Gasteiger partial charge in [-0.2, -0.15) is 0 Å². The first kappa shape index (κ1) is 17.0. The minimum atomic E-state index is 0.452.